The monoisotopic (exact) mass is 281 g/mol. The first-order chi connectivity index (χ1) is 9.44. The first-order valence-corrected chi connectivity index (χ1v) is 6.28. The van der Waals surface area contributed by atoms with Crippen LogP contribution < -0.4 is 10.6 Å². The Bertz CT molecular complexity index is 669. The highest BCUT2D eigenvalue weighted by atomic mass is 19.3. The smallest absolute Gasteiger partial charge is 0.298 e. The average Bonchev–Trinajstić information content (AvgIpc) is 2.80. The van der Waals surface area contributed by atoms with E-state index in [2.05, 4.69) is 4.98 Å². The van der Waals surface area contributed by atoms with Crippen LogP contribution in [0.3, 0.4) is 0 Å². The van der Waals surface area contributed by atoms with Crippen LogP contribution >= 0.6 is 0 Å². The largest absolute Gasteiger partial charge is 0.423 e. The van der Waals surface area contributed by atoms with Gasteiger partial charge >= 0.3 is 0 Å². The van der Waals surface area contributed by atoms with Gasteiger partial charge in [0.25, 0.3) is 11.9 Å². The Morgan fingerprint density at radius 2 is 2.25 bits per heavy atom. The van der Waals surface area contributed by atoms with Gasteiger partial charge in [0.15, 0.2) is 5.58 Å². The van der Waals surface area contributed by atoms with Crippen molar-refractivity contribution in [1.29, 1.82) is 0 Å². The van der Waals surface area contributed by atoms with E-state index in [9.17, 15) is 13.6 Å². The summed E-state index contributed by atoms with van der Waals surface area (Å²) in [5.41, 5.74) is 6.37. The van der Waals surface area contributed by atoms with Gasteiger partial charge in [-0.3, -0.25) is 4.79 Å². The Kier molecular flexibility index (Phi) is 2.84. The summed E-state index contributed by atoms with van der Waals surface area (Å²) in [6, 6.07) is 4.73. The Labute approximate surface area is 113 Å². The summed E-state index contributed by atoms with van der Waals surface area (Å²) < 4.78 is 32.3. The molecule has 1 saturated heterocycles. The molecule has 1 fully saturated rings. The molecule has 0 aliphatic carbocycles. The van der Waals surface area contributed by atoms with Crippen LogP contribution in [0.2, 0.25) is 0 Å². The van der Waals surface area contributed by atoms with E-state index in [1.807, 2.05) is 0 Å². The van der Waals surface area contributed by atoms with Crippen molar-refractivity contribution in [3.8, 4) is 0 Å². The molecule has 1 aromatic carbocycles. The van der Waals surface area contributed by atoms with E-state index in [1.54, 1.807) is 6.07 Å². The second-order valence-corrected chi connectivity index (χ2v) is 4.92. The van der Waals surface area contributed by atoms with Gasteiger partial charge in [-0.25, -0.2) is 8.78 Å². The fourth-order valence-electron chi connectivity index (χ4n) is 2.33. The quantitative estimate of drug-likeness (QED) is 0.915. The Hall–Kier alpha value is -2.18. The van der Waals surface area contributed by atoms with Crippen molar-refractivity contribution < 1.29 is 18.0 Å². The van der Waals surface area contributed by atoms with Crippen LogP contribution in [0.5, 0.6) is 0 Å². The number of rotatable bonds is 2. The van der Waals surface area contributed by atoms with Gasteiger partial charge in [0.2, 0.25) is 5.91 Å². The molecule has 2 N–H and O–H groups in total. The third kappa shape index (κ3) is 2.31. The number of hydrogen-bond acceptors (Lipinski definition) is 4. The van der Waals surface area contributed by atoms with Crippen molar-refractivity contribution in [2.75, 3.05) is 18.0 Å². The van der Waals surface area contributed by atoms with Gasteiger partial charge in [-0.1, -0.05) is 0 Å². The summed E-state index contributed by atoms with van der Waals surface area (Å²) in [6.07, 6.45) is 0.272. The van der Waals surface area contributed by atoms with Gasteiger partial charge in [-0.05, 0) is 24.6 Å². The van der Waals surface area contributed by atoms with E-state index in [4.69, 9.17) is 10.2 Å². The second kappa shape index (κ2) is 4.43. The average molecular weight is 281 g/mol. The molecule has 1 aliphatic heterocycles. The number of fused-ring (bicyclic) bond motifs is 1. The predicted octanol–water partition coefficient (Wildman–Crippen LogP) is 2.16. The van der Waals surface area contributed by atoms with Gasteiger partial charge in [0.05, 0.1) is 6.54 Å². The van der Waals surface area contributed by atoms with Crippen molar-refractivity contribution in [1.82, 2.24) is 4.98 Å². The Morgan fingerprint density at radius 1 is 1.45 bits per heavy atom. The summed E-state index contributed by atoms with van der Waals surface area (Å²) in [5, 5.41) is 0. The van der Waals surface area contributed by atoms with E-state index in [1.165, 1.54) is 17.0 Å². The summed E-state index contributed by atoms with van der Waals surface area (Å²) in [5.74, 6) is -3.29. The topological polar surface area (TPSA) is 72.4 Å². The van der Waals surface area contributed by atoms with Crippen LogP contribution in [-0.2, 0) is 0 Å². The number of carbonyl (C=O) groups excluding carboxylic acids is 1. The number of amides is 1. The first kappa shape index (κ1) is 12.8. The molecule has 3 rings (SSSR count). The number of nitrogens with two attached hydrogens (primary N) is 1. The highest BCUT2D eigenvalue weighted by molar-refractivity contribution is 5.96. The van der Waals surface area contributed by atoms with Crippen LogP contribution in [0, 0.1) is 0 Å². The number of anilines is 1. The maximum Gasteiger partial charge on any atom is 0.298 e. The summed E-state index contributed by atoms with van der Waals surface area (Å²) in [6.45, 7) is 0.0770. The SMILES string of the molecule is NC(=O)c1ccc2oc(N3CCCC(F)(F)C3)nc2c1. The molecule has 2 aromatic rings. The van der Waals surface area contributed by atoms with Gasteiger partial charge in [0, 0.05) is 18.5 Å². The summed E-state index contributed by atoms with van der Waals surface area (Å²) in [7, 11) is 0. The molecule has 2 heterocycles. The van der Waals surface area contributed by atoms with Crippen LogP contribution in [0.25, 0.3) is 11.1 Å². The van der Waals surface area contributed by atoms with Crippen LogP contribution in [0.1, 0.15) is 23.2 Å². The Balaban J connectivity index is 1.94. The normalized spacial score (nSPS) is 18.4. The van der Waals surface area contributed by atoms with E-state index < -0.39 is 18.4 Å². The molecule has 0 radical (unpaired) electrons. The molecule has 1 aliphatic rings. The molecule has 0 saturated carbocycles. The van der Waals surface area contributed by atoms with Crippen molar-refractivity contribution in [2.24, 2.45) is 5.73 Å². The molecular formula is C13H13F2N3O2. The molecule has 0 bridgehead atoms. The van der Waals surface area contributed by atoms with Crippen LogP contribution in [0.4, 0.5) is 14.8 Å². The third-order valence-electron chi connectivity index (χ3n) is 3.32. The summed E-state index contributed by atoms with van der Waals surface area (Å²) in [4.78, 5) is 16.7. The van der Waals surface area contributed by atoms with E-state index in [0.717, 1.165) is 0 Å². The molecule has 20 heavy (non-hydrogen) atoms. The minimum atomic E-state index is -2.72. The molecule has 1 amide bonds. The lowest BCUT2D eigenvalue weighted by molar-refractivity contribution is -0.0127. The Morgan fingerprint density at radius 3 is 2.95 bits per heavy atom. The zero-order chi connectivity index (χ0) is 14.3. The van der Waals surface area contributed by atoms with Gasteiger partial charge in [-0.15, -0.1) is 0 Å². The number of oxazole rings is 1. The number of carbonyl (C=O) groups is 1. The number of benzene rings is 1. The number of nitrogens with zero attached hydrogens (tertiary/aromatic N) is 2. The highest BCUT2D eigenvalue weighted by Crippen LogP contribution is 2.31. The fraction of sp³-hybridized carbons (Fsp3) is 0.385. The fourth-order valence-corrected chi connectivity index (χ4v) is 2.33. The van der Waals surface area contributed by atoms with Gasteiger partial charge in [0.1, 0.15) is 5.52 Å². The number of aromatic nitrogens is 1. The molecule has 7 heteroatoms. The predicted molar refractivity (Wildman–Crippen MR) is 68.9 cm³/mol. The molecule has 5 nitrogen and oxygen atoms in total. The third-order valence-corrected chi connectivity index (χ3v) is 3.32. The zero-order valence-electron chi connectivity index (χ0n) is 10.6. The van der Waals surface area contributed by atoms with Crippen molar-refractivity contribution >= 4 is 23.0 Å². The molecule has 0 spiro atoms. The number of hydrogen-bond donors (Lipinski definition) is 1. The van der Waals surface area contributed by atoms with Crippen molar-refractivity contribution in [2.45, 2.75) is 18.8 Å². The lowest BCUT2D eigenvalue weighted by Crippen LogP contribution is -2.42. The minimum Gasteiger partial charge on any atom is -0.423 e. The maximum atomic E-state index is 13.4. The van der Waals surface area contributed by atoms with E-state index in [0.29, 0.717) is 29.6 Å². The maximum absolute atomic E-state index is 13.4. The standard InChI is InChI=1S/C13H13F2N3O2/c14-13(15)4-1-5-18(7-13)12-17-9-6-8(11(16)19)2-3-10(9)20-12/h2-3,6H,1,4-5,7H2,(H2,16,19). The zero-order valence-corrected chi connectivity index (χ0v) is 10.6. The van der Waals surface area contributed by atoms with Crippen LogP contribution in [-0.4, -0.2) is 29.9 Å². The highest BCUT2D eigenvalue weighted by Gasteiger charge is 2.36. The summed E-state index contributed by atoms with van der Waals surface area (Å²) >= 11 is 0. The molecule has 0 unspecified atom stereocenters. The second-order valence-electron chi connectivity index (χ2n) is 4.92. The van der Waals surface area contributed by atoms with Gasteiger partial charge in [-0.2, -0.15) is 4.98 Å². The lowest BCUT2D eigenvalue weighted by atomic mass is 10.1. The molecular weight excluding hydrogens is 268 g/mol. The molecule has 106 valence electrons. The molecule has 0 atom stereocenters. The number of alkyl halides is 2. The van der Waals surface area contributed by atoms with Crippen molar-refractivity contribution in [3.05, 3.63) is 23.8 Å². The molecule has 1 aromatic heterocycles. The number of primary amides is 1. The lowest BCUT2D eigenvalue weighted by Gasteiger charge is -2.31. The number of piperidine rings is 1. The van der Waals surface area contributed by atoms with E-state index in [-0.39, 0.29) is 12.4 Å². The number of halogens is 2. The van der Waals surface area contributed by atoms with Gasteiger partial charge < -0.3 is 15.1 Å². The van der Waals surface area contributed by atoms with Crippen molar-refractivity contribution in [3.63, 3.8) is 0 Å². The van der Waals surface area contributed by atoms with E-state index >= 15 is 0 Å². The van der Waals surface area contributed by atoms with Crippen LogP contribution in [0.15, 0.2) is 22.6 Å². The minimum absolute atomic E-state index is 0.116. The first-order valence-electron chi connectivity index (χ1n) is 6.28.